The van der Waals surface area contributed by atoms with Gasteiger partial charge in [0.25, 0.3) is 0 Å². The van der Waals surface area contributed by atoms with Crippen molar-refractivity contribution >= 4 is 17.1 Å². The average Bonchev–Trinajstić information content (AvgIpc) is 2.54. The number of aryl methyl sites for hydroxylation is 1. The van der Waals surface area contributed by atoms with Crippen molar-refractivity contribution in [2.45, 2.75) is 26.2 Å². The molecule has 0 saturated heterocycles. The first-order chi connectivity index (χ1) is 6.27. The van der Waals surface area contributed by atoms with Gasteiger partial charge in [-0.05, 0) is 25.1 Å². The van der Waals surface area contributed by atoms with Crippen LogP contribution in [0, 0.1) is 0 Å². The summed E-state index contributed by atoms with van der Waals surface area (Å²) in [6.07, 6.45) is 2.66. The number of Topliss-reactive ketones (excluding diaryl/α,β-unsaturated/α-hetero) is 1. The summed E-state index contributed by atoms with van der Waals surface area (Å²) in [6.45, 7) is 2.58. The van der Waals surface area contributed by atoms with Gasteiger partial charge in [0.15, 0.2) is 5.78 Å². The van der Waals surface area contributed by atoms with E-state index in [4.69, 9.17) is 5.73 Å². The summed E-state index contributed by atoms with van der Waals surface area (Å²) < 4.78 is 0. The third kappa shape index (κ3) is 2.94. The molecule has 2 N–H and O–H groups in total. The lowest BCUT2D eigenvalue weighted by Gasteiger charge is -1.92. The quantitative estimate of drug-likeness (QED) is 0.736. The number of hydrogen-bond donors (Lipinski definition) is 1. The average molecular weight is 197 g/mol. The Bertz CT molecular complexity index is 280. The molecule has 0 bridgehead atoms. The molecule has 72 valence electrons. The van der Waals surface area contributed by atoms with Crippen molar-refractivity contribution in [1.82, 2.24) is 0 Å². The van der Waals surface area contributed by atoms with Crippen LogP contribution < -0.4 is 5.73 Å². The number of carbonyl (C=O) groups is 1. The number of carbonyl (C=O) groups excluding carboxylic acids is 1. The van der Waals surface area contributed by atoms with Gasteiger partial charge in [0, 0.05) is 11.3 Å². The van der Waals surface area contributed by atoms with E-state index in [1.54, 1.807) is 11.3 Å². The van der Waals surface area contributed by atoms with Gasteiger partial charge in [-0.3, -0.25) is 4.79 Å². The van der Waals surface area contributed by atoms with E-state index < -0.39 is 0 Å². The van der Waals surface area contributed by atoms with Gasteiger partial charge >= 0.3 is 0 Å². The Morgan fingerprint density at radius 3 is 2.92 bits per heavy atom. The van der Waals surface area contributed by atoms with Crippen molar-refractivity contribution in [2.75, 3.05) is 6.54 Å². The van der Waals surface area contributed by atoms with Crippen LogP contribution in [0.1, 0.15) is 34.3 Å². The first-order valence-electron chi connectivity index (χ1n) is 4.60. The van der Waals surface area contributed by atoms with Crippen LogP contribution in [0.2, 0.25) is 0 Å². The van der Waals surface area contributed by atoms with Gasteiger partial charge in [-0.25, -0.2) is 0 Å². The molecule has 0 aliphatic rings. The number of thiophene rings is 1. The maximum absolute atomic E-state index is 11.4. The van der Waals surface area contributed by atoms with Crippen LogP contribution in [0.4, 0.5) is 0 Å². The Morgan fingerprint density at radius 1 is 1.54 bits per heavy atom. The van der Waals surface area contributed by atoms with E-state index in [-0.39, 0.29) is 5.78 Å². The zero-order valence-corrected chi connectivity index (χ0v) is 8.69. The van der Waals surface area contributed by atoms with E-state index in [1.807, 2.05) is 12.1 Å². The van der Waals surface area contributed by atoms with Gasteiger partial charge in [0.1, 0.15) is 0 Å². The first-order valence-corrected chi connectivity index (χ1v) is 5.41. The SMILES string of the molecule is CCCc1ccc(C(=O)CCN)s1. The predicted octanol–water partition coefficient (Wildman–Crippen LogP) is 2.23. The molecule has 0 amide bonds. The van der Waals surface area contributed by atoms with Crippen LogP contribution in [0.25, 0.3) is 0 Å². The van der Waals surface area contributed by atoms with Crippen LogP contribution in [0.15, 0.2) is 12.1 Å². The molecule has 3 heteroatoms. The Labute approximate surface area is 82.8 Å². The monoisotopic (exact) mass is 197 g/mol. The van der Waals surface area contributed by atoms with E-state index >= 15 is 0 Å². The third-order valence-corrected chi connectivity index (χ3v) is 2.99. The smallest absolute Gasteiger partial charge is 0.174 e. The standard InChI is InChI=1S/C10H15NOS/c1-2-3-8-4-5-10(13-8)9(12)6-7-11/h4-5H,2-3,6-7,11H2,1H3. The minimum absolute atomic E-state index is 0.176. The molecule has 1 rings (SSSR count). The van der Waals surface area contributed by atoms with E-state index in [2.05, 4.69) is 6.92 Å². The second-order valence-electron chi connectivity index (χ2n) is 2.98. The Morgan fingerprint density at radius 2 is 2.31 bits per heavy atom. The van der Waals surface area contributed by atoms with Gasteiger partial charge in [-0.1, -0.05) is 13.3 Å². The third-order valence-electron chi connectivity index (χ3n) is 1.80. The number of hydrogen-bond acceptors (Lipinski definition) is 3. The molecular weight excluding hydrogens is 182 g/mol. The zero-order valence-electron chi connectivity index (χ0n) is 7.88. The summed E-state index contributed by atoms with van der Waals surface area (Å²) in [5.74, 6) is 0.176. The summed E-state index contributed by atoms with van der Waals surface area (Å²) in [7, 11) is 0. The van der Waals surface area contributed by atoms with Crippen LogP contribution in [-0.2, 0) is 6.42 Å². The van der Waals surface area contributed by atoms with Gasteiger partial charge in [0.2, 0.25) is 0 Å². The van der Waals surface area contributed by atoms with Crippen LogP contribution in [0.5, 0.6) is 0 Å². The largest absolute Gasteiger partial charge is 0.330 e. The van der Waals surface area contributed by atoms with Gasteiger partial charge in [-0.15, -0.1) is 11.3 Å². The maximum Gasteiger partial charge on any atom is 0.174 e. The van der Waals surface area contributed by atoms with Crippen molar-refractivity contribution in [1.29, 1.82) is 0 Å². The van der Waals surface area contributed by atoms with Crippen LogP contribution >= 0.6 is 11.3 Å². The fourth-order valence-electron chi connectivity index (χ4n) is 1.16. The van der Waals surface area contributed by atoms with Gasteiger partial charge in [-0.2, -0.15) is 0 Å². The fourth-order valence-corrected chi connectivity index (χ4v) is 2.24. The second kappa shape index (κ2) is 5.14. The Balaban J connectivity index is 2.62. The molecule has 0 radical (unpaired) electrons. The molecule has 0 unspecified atom stereocenters. The van der Waals surface area contributed by atoms with Gasteiger partial charge < -0.3 is 5.73 Å². The molecule has 0 fully saturated rings. The summed E-state index contributed by atoms with van der Waals surface area (Å²) in [4.78, 5) is 13.5. The molecule has 1 aromatic rings. The lowest BCUT2D eigenvalue weighted by molar-refractivity contribution is 0.0989. The Kier molecular flexibility index (Phi) is 4.12. The normalized spacial score (nSPS) is 10.3. The van der Waals surface area contributed by atoms with E-state index in [1.165, 1.54) is 4.88 Å². The van der Waals surface area contributed by atoms with Crippen LogP contribution in [0.3, 0.4) is 0 Å². The molecule has 1 heterocycles. The highest BCUT2D eigenvalue weighted by atomic mass is 32.1. The second-order valence-corrected chi connectivity index (χ2v) is 4.15. The number of rotatable bonds is 5. The molecule has 0 atom stereocenters. The molecule has 1 aromatic heterocycles. The van der Waals surface area contributed by atoms with Crippen molar-refractivity contribution in [3.05, 3.63) is 21.9 Å². The molecule has 0 aromatic carbocycles. The van der Waals surface area contributed by atoms with E-state index in [0.29, 0.717) is 13.0 Å². The summed E-state index contributed by atoms with van der Waals surface area (Å²) in [5.41, 5.74) is 5.32. The van der Waals surface area contributed by atoms with Crippen molar-refractivity contribution in [3.63, 3.8) is 0 Å². The summed E-state index contributed by atoms with van der Waals surface area (Å²) in [6, 6.07) is 3.95. The lowest BCUT2D eigenvalue weighted by Crippen LogP contribution is -2.06. The number of nitrogens with two attached hydrogens (primary N) is 1. The van der Waals surface area contributed by atoms with E-state index in [0.717, 1.165) is 17.7 Å². The predicted molar refractivity (Wildman–Crippen MR) is 56.3 cm³/mol. The van der Waals surface area contributed by atoms with Crippen molar-refractivity contribution in [2.24, 2.45) is 5.73 Å². The highest BCUT2D eigenvalue weighted by molar-refractivity contribution is 7.14. The maximum atomic E-state index is 11.4. The molecule has 2 nitrogen and oxygen atoms in total. The highest BCUT2D eigenvalue weighted by Gasteiger charge is 2.07. The Hall–Kier alpha value is -0.670. The number of ketones is 1. The minimum Gasteiger partial charge on any atom is -0.330 e. The molecular formula is C10H15NOS. The fraction of sp³-hybridized carbons (Fsp3) is 0.500. The van der Waals surface area contributed by atoms with Crippen molar-refractivity contribution in [3.8, 4) is 0 Å². The van der Waals surface area contributed by atoms with E-state index in [9.17, 15) is 4.79 Å². The zero-order chi connectivity index (χ0) is 9.68. The molecule has 0 spiro atoms. The summed E-state index contributed by atoms with van der Waals surface area (Å²) >= 11 is 1.60. The van der Waals surface area contributed by atoms with Crippen LogP contribution in [-0.4, -0.2) is 12.3 Å². The lowest BCUT2D eigenvalue weighted by atomic mass is 10.2. The molecule has 0 aliphatic heterocycles. The minimum atomic E-state index is 0.176. The van der Waals surface area contributed by atoms with Gasteiger partial charge in [0.05, 0.1) is 4.88 Å². The molecule has 0 saturated carbocycles. The highest BCUT2D eigenvalue weighted by Crippen LogP contribution is 2.19. The molecule has 13 heavy (non-hydrogen) atoms. The topological polar surface area (TPSA) is 43.1 Å². The van der Waals surface area contributed by atoms with Crippen molar-refractivity contribution < 1.29 is 4.79 Å². The summed E-state index contributed by atoms with van der Waals surface area (Å²) in [5, 5.41) is 0. The molecule has 0 aliphatic carbocycles. The first kappa shape index (κ1) is 10.4.